The van der Waals surface area contributed by atoms with Gasteiger partial charge in [0.1, 0.15) is 5.82 Å². The first kappa shape index (κ1) is 16.6. The molecule has 1 aromatic heterocycles. The van der Waals surface area contributed by atoms with Crippen molar-refractivity contribution in [2.75, 3.05) is 10.6 Å². The molecule has 1 amide bonds. The first-order valence-electron chi connectivity index (χ1n) is 7.75. The molecule has 0 aliphatic rings. The van der Waals surface area contributed by atoms with Gasteiger partial charge in [0.2, 0.25) is 5.89 Å². The van der Waals surface area contributed by atoms with Crippen molar-refractivity contribution in [3.8, 4) is 0 Å². The van der Waals surface area contributed by atoms with E-state index in [0.717, 1.165) is 5.56 Å². The van der Waals surface area contributed by atoms with Gasteiger partial charge in [-0.3, -0.25) is 4.79 Å². The monoisotopic (exact) mass is 340 g/mol. The van der Waals surface area contributed by atoms with Gasteiger partial charge < -0.3 is 15.1 Å². The Bertz CT molecular complexity index is 860. The molecular formula is C18H17FN4O2. The molecule has 0 aliphatic carbocycles. The van der Waals surface area contributed by atoms with Crippen molar-refractivity contribution in [3.05, 3.63) is 71.4 Å². The minimum atomic E-state index is -0.376. The van der Waals surface area contributed by atoms with Crippen molar-refractivity contribution >= 4 is 17.6 Å². The predicted molar refractivity (Wildman–Crippen MR) is 91.9 cm³/mol. The summed E-state index contributed by atoms with van der Waals surface area (Å²) in [6, 6.07) is 13.1. The highest BCUT2D eigenvalue weighted by Crippen LogP contribution is 2.20. The lowest BCUT2D eigenvalue weighted by molar-refractivity contribution is 0.102. The van der Waals surface area contributed by atoms with Crippen LogP contribution in [0, 0.1) is 12.7 Å². The van der Waals surface area contributed by atoms with E-state index in [9.17, 15) is 9.18 Å². The lowest BCUT2D eigenvalue weighted by Gasteiger charge is -2.13. The number of hydrogen-bond donors (Lipinski definition) is 2. The zero-order valence-corrected chi connectivity index (χ0v) is 13.8. The Kier molecular flexibility index (Phi) is 4.74. The van der Waals surface area contributed by atoms with Crippen molar-refractivity contribution in [2.45, 2.75) is 19.9 Å². The highest BCUT2D eigenvalue weighted by atomic mass is 19.1. The summed E-state index contributed by atoms with van der Waals surface area (Å²) in [5.74, 6) is -0.173. The second kappa shape index (κ2) is 7.12. The highest BCUT2D eigenvalue weighted by molar-refractivity contribution is 6.04. The smallest absolute Gasteiger partial charge is 0.315 e. The van der Waals surface area contributed by atoms with Crippen molar-refractivity contribution in [2.24, 2.45) is 0 Å². The van der Waals surface area contributed by atoms with E-state index < -0.39 is 0 Å². The first-order valence-corrected chi connectivity index (χ1v) is 7.75. The molecule has 3 aromatic rings. The van der Waals surface area contributed by atoms with Gasteiger partial charge in [0.05, 0.1) is 6.04 Å². The molecule has 1 unspecified atom stereocenters. The summed E-state index contributed by atoms with van der Waals surface area (Å²) < 4.78 is 18.2. The van der Waals surface area contributed by atoms with E-state index in [1.165, 1.54) is 24.3 Å². The van der Waals surface area contributed by atoms with Crippen molar-refractivity contribution in [1.29, 1.82) is 0 Å². The predicted octanol–water partition coefficient (Wildman–Crippen LogP) is 3.94. The summed E-state index contributed by atoms with van der Waals surface area (Å²) in [5.41, 5.74) is 2.04. The van der Waals surface area contributed by atoms with Crippen LogP contribution in [-0.4, -0.2) is 16.1 Å². The van der Waals surface area contributed by atoms with Crippen molar-refractivity contribution in [3.63, 3.8) is 0 Å². The van der Waals surface area contributed by atoms with E-state index in [1.807, 2.05) is 19.1 Å². The summed E-state index contributed by atoms with van der Waals surface area (Å²) in [6.45, 7) is 3.69. The third kappa shape index (κ3) is 4.20. The van der Waals surface area contributed by atoms with Crippen LogP contribution in [0.2, 0.25) is 0 Å². The Morgan fingerprint density at radius 2 is 1.76 bits per heavy atom. The fraction of sp³-hybridized carbons (Fsp3) is 0.167. The molecule has 6 nitrogen and oxygen atoms in total. The number of nitrogens with zero attached hydrogens (tertiary/aromatic N) is 2. The maximum Gasteiger partial charge on any atom is 0.315 e. The van der Waals surface area contributed by atoms with Crippen LogP contribution >= 0.6 is 0 Å². The van der Waals surface area contributed by atoms with Gasteiger partial charge in [0.15, 0.2) is 0 Å². The zero-order valence-electron chi connectivity index (χ0n) is 13.8. The number of amides is 1. The summed E-state index contributed by atoms with van der Waals surface area (Å²) >= 11 is 0. The molecule has 128 valence electrons. The first-order chi connectivity index (χ1) is 12.0. The minimum absolute atomic E-state index is 0.0401. The largest absolute Gasteiger partial charge is 0.408 e. The zero-order chi connectivity index (χ0) is 17.8. The third-order valence-corrected chi connectivity index (χ3v) is 3.64. The molecule has 2 N–H and O–H groups in total. The van der Waals surface area contributed by atoms with E-state index in [-0.39, 0.29) is 17.8 Å². The number of benzene rings is 2. The van der Waals surface area contributed by atoms with Gasteiger partial charge in [-0.25, -0.2) is 4.39 Å². The normalized spacial score (nSPS) is 11.8. The SMILES string of the molecule is Cc1nnc(NC(C)c2ccc(NC(=O)c3ccc(F)cc3)cc2)o1. The summed E-state index contributed by atoms with van der Waals surface area (Å²) in [6.07, 6.45) is 0. The van der Waals surface area contributed by atoms with Crippen LogP contribution in [0.1, 0.15) is 34.8 Å². The van der Waals surface area contributed by atoms with Crippen LogP contribution in [0.5, 0.6) is 0 Å². The van der Waals surface area contributed by atoms with Gasteiger partial charge in [-0.2, -0.15) is 0 Å². The quantitative estimate of drug-likeness (QED) is 0.735. The minimum Gasteiger partial charge on any atom is -0.408 e. The van der Waals surface area contributed by atoms with E-state index in [4.69, 9.17) is 4.42 Å². The lowest BCUT2D eigenvalue weighted by atomic mass is 10.1. The molecule has 7 heteroatoms. The molecule has 2 aromatic carbocycles. The molecule has 0 spiro atoms. The molecule has 0 saturated carbocycles. The Hall–Kier alpha value is -3.22. The van der Waals surface area contributed by atoms with Crippen molar-refractivity contribution in [1.82, 2.24) is 10.2 Å². The maximum atomic E-state index is 12.9. The van der Waals surface area contributed by atoms with Crippen LogP contribution in [-0.2, 0) is 0 Å². The summed E-state index contributed by atoms with van der Waals surface area (Å²) in [5, 5.41) is 13.5. The van der Waals surface area contributed by atoms with Crippen LogP contribution in [0.3, 0.4) is 0 Å². The topological polar surface area (TPSA) is 80.0 Å². The van der Waals surface area contributed by atoms with E-state index in [1.54, 1.807) is 19.1 Å². The maximum absolute atomic E-state index is 12.9. The van der Waals surface area contributed by atoms with Crippen LogP contribution in [0.15, 0.2) is 52.9 Å². The van der Waals surface area contributed by atoms with Crippen molar-refractivity contribution < 1.29 is 13.6 Å². The number of rotatable bonds is 5. The van der Waals surface area contributed by atoms with Gasteiger partial charge in [-0.05, 0) is 48.9 Å². The summed E-state index contributed by atoms with van der Waals surface area (Å²) in [7, 11) is 0. The van der Waals surface area contributed by atoms with E-state index >= 15 is 0 Å². The second-order valence-corrected chi connectivity index (χ2v) is 5.58. The van der Waals surface area contributed by atoms with Gasteiger partial charge in [0.25, 0.3) is 5.91 Å². The van der Waals surface area contributed by atoms with Crippen LogP contribution in [0.4, 0.5) is 16.1 Å². The molecule has 0 bridgehead atoms. The number of carbonyl (C=O) groups is 1. The highest BCUT2D eigenvalue weighted by Gasteiger charge is 2.10. The third-order valence-electron chi connectivity index (χ3n) is 3.64. The van der Waals surface area contributed by atoms with E-state index in [0.29, 0.717) is 23.2 Å². The van der Waals surface area contributed by atoms with Gasteiger partial charge in [-0.15, -0.1) is 5.10 Å². The second-order valence-electron chi connectivity index (χ2n) is 5.58. The van der Waals surface area contributed by atoms with Gasteiger partial charge in [-0.1, -0.05) is 17.2 Å². The molecule has 1 atom stereocenters. The standard InChI is InChI=1S/C18H17FN4O2/c1-11(20-18-23-22-12(2)25-18)13-5-9-16(10-6-13)21-17(24)14-3-7-15(19)8-4-14/h3-11H,1-2H3,(H,20,23)(H,21,24). The van der Waals surface area contributed by atoms with Gasteiger partial charge in [0, 0.05) is 18.2 Å². The number of halogens is 1. The Labute approximate surface area is 144 Å². The molecule has 0 saturated heterocycles. The van der Waals surface area contributed by atoms with Gasteiger partial charge >= 0.3 is 6.01 Å². The Morgan fingerprint density at radius 3 is 2.36 bits per heavy atom. The van der Waals surface area contributed by atoms with Crippen LogP contribution in [0.25, 0.3) is 0 Å². The number of anilines is 2. The molecular weight excluding hydrogens is 323 g/mol. The average Bonchev–Trinajstić information content (AvgIpc) is 3.01. The molecule has 0 fully saturated rings. The summed E-state index contributed by atoms with van der Waals surface area (Å²) in [4.78, 5) is 12.1. The molecule has 25 heavy (non-hydrogen) atoms. The average molecular weight is 340 g/mol. The van der Waals surface area contributed by atoms with E-state index in [2.05, 4.69) is 20.8 Å². The number of nitrogens with one attached hydrogen (secondary N) is 2. The molecule has 0 radical (unpaired) electrons. The Morgan fingerprint density at radius 1 is 1.08 bits per heavy atom. The number of carbonyl (C=O) groups excluding carboxylic acids is 1. The number of aryl methyl sites for hydroxylation is 1. The lowest BCUT2D eigenvalue weighted by Crippen LogP contribution is -2.12. The fourth-order valence-corrected chi connectivity index (χ4v) is 2.28. The Balaban J connectivity index is 1.63. The number of hydrogen-bond acceptors (Lipinski definition) is 5. The fourth-order valence-electron chi connectivity index (χ4n) is 2.28. The molecule has 0 aliphatic heterocycles. The van der Waals surface area contributed by atoms with Crippen LogP contribution < -0.4 is 10.6 Å². The molecule has 3 rings (SSSR count). The molecule has 1 heterocycles. The number of aromatic nitrogens is 2.